The van der Waals surface area contributed by atoms with E-state index in [1.165, 1.54) is 0 Å². The van der Waals surface area contributed by atoms with Gasteiger partial charge in [0.1, 0.15) is 5.75 Å². The zero-order valence-corrected chi connectivity index (χ0v) is 19.9. The van der Waals surface area contributed by atoms with Crippen molar-refractivity contribution in [2.75, 3.05) is 6.61 Å². The number of carbonyl (C=O) groups excluding carboxylic acids is 3. The van der Waals surface area contributed by atoms with Gasteiger partial charge >= 0.3 is 0 Å². The van der Waals surface area contributed by atoms with Crippen LogP contribution in [0.1, 0.15) is 46.9 Å². The predicted molar refractivity (Wildman–Crippen MR) is 136 cm³/mol. The van der Waals surface area contributed by atoms with Gasteiger partial charge < -0.3 is 4.74 Å². The normalized spacial score (nSPS) is 10.6. The molecule has 36 heavy (non-hydrogen) atoms. The van der Waals surface area contributed by atoms with Crippen molar-refractivity contribution in [1.29, 1.82) is 0 Å². The van der Waals surface area contributed by atoms with Gasteiger partial charge in [0.15, 0.2) is 5.78 Å². The first-order valence-corrected chi connectivity index (χ1v) is 11.7. The van der Waals surface area contributed by atoms with Crippen LogP contribution in [0.3, 0.4) is 0 Å². The highest BCUT2D eigenvalue weighted by atomic mass is 16.5. The van der Waals surface area contributed by atoms with Crippen LogP contribution in [0.25, 0.3) is 22.3 Å². The van der Waals surface area contributed by atoms with Crippen LogP contribution in [-0.4, -0.2) is 34.2 Å². The van der Waals surface area contributed by atoms with E-state index in [1.54, 1.807) is 48.7 Å². The number of Topliss-reactive ketones (excluding diaryl/α,β-unsaturated/α-hetero) is 1. The van der Waals surface area contributed by atoms with Gasteiger partial charge in [-0.3, -0.25) is 30.2 Å². The fraction of sp³-hybridized carbons (Fsp3) is 0.179. The number of hydrogen-bond donors (Lipinski definition) is 2. The molecule has 0 fully saturated rings. The number of ether oxygens (including phenoxy) is 1. The number of hydrogen-bond acceptors (Lipinski definition) is 6. The van der Waals surface area contributed by atoms with Crippen LogP contribution in [0, 0.1) is 0 Å². The highest BCUT2D eigenvalue weighted by Crippen LogP contribution is 2.23. The maximum absolute atomic E-state index is 13.0. The lowest BCUT2D eigenvalue weighted by Gasteiger charge is -2.11. The third kappa shape index (κ3) is 6.09. The SMILES string of the molecule is CCCOc1ccc(C(=O)CCC(=O)NNC(=O)c2cc(-c3ccccn3)nc3ccccc23)cc1. The molecular weight excluding hydrogens is 456 g/mol. The van der Waals surface area contributed by atoms with Crippen molar-refractivity contribution in [2.45, 2.75) is 26.2 Å². The first-order chi connectivity index (χ1) is 17.5. The predicted octanol–water partition coefficient (Wildman–Crippen LogP) is 4.51. The molecule has 0 atom stereocenters. The number of carbonyl (C=O) groups is 3. The number of nitrogens with one attached hydrogen (secondary N) is 2. The molecule has 8 heteroatoms. The van der Waals surface area contributed by atoms with E-state index < -0.39 is 11.8 Å². The molecule has 182 valence electrons. The number of amides is 2. The Morgan fingerprint density at radius 1 is 0.861 bits per heavy atom. The fourth-order valence-corrected chi connectivity index (χ4v) is 3.59. The van der Waals surface area contributed by atoms with E-state index in [-0.39, 0.29) is 18.6 Å². The summed E-state index contributed by atoms with van der Waals surface area (Å²) in [6, 6.07) is 21.2. The van der Waals surface area contributed by atoms with Crippen LogP contribution in [0.15, 0.2) is 79.0 Å². The van der Waals surface area contributed by atoms with Crippen molar-refractivity contribution in [3.8, 4) is 17.1 Å². The molecule has 0 radical (unpaired) electrons. The minimum atomic E-state index is -0.492. The summed E-state index contributed by atoms with van der Waals surface area (Å²) < 4.78 is 5.52. The van der Waals surface area contributed by atoms with Crippen molar-refractivity contribution in [2.24, 2.45) is 0 Å². The Bertz CT molecular complexity index is 1370. The van der Waals surface area contributed by atoms with E-state index >= 15 is 0 Å². The van der Waals surface area contributed by atoms with E-state index in [0.29, 0.717) is 45.8 Å². The fourth-order valence-electron chi connectivity index (χ4n) is 3.59. The van der Waals surface area contributed by atoms with Crippen molar-refractivity contribution >= 4 is 28.5 Å². The molecule has 2 N–H and O–H groups in total. The van der Waals surface area contributed by atoms with Crippen LogP contribution in [0.2, 0.25) is 0 Å². The Hall–Kier alpha value is -4.59. The summed E-state index contributed by atoms with van der Waals surface area (Å²) in [5.41, 5.74) is 7.50. The molecule has 4 aromatic rings. The van der Waals surface area contributed by atoms with Crippen LogP contribution in [0.4, 0.5) is 0 Å². The molecule has 0 aliphatic carbocycles. The molecular formula is C28H26N4O4. The maximum Gasteiger partial charge on any atom is 0.270 e. The summed E-state index contributed by atoms with van der Waals surface area (Å²) in [6.07, 6.45) is 2.50. The number of para-hydroxylation sites is 1. The molecule has 0 aliphatic heterocycles. The second-order valence-electron chi connectivity index (χ2n) is 8.09. The van der Waals surface area contributed by atoms with Gasteiger partial charge in [-0.25, -0.2) is 4.98 Å². The number of hydrazine groups is 1. The highest BCUT2D eigenvalue weighted by molar-refractivity contribution is 6.07. The number of fused-ring (bicyclic) bond motifs is 1. The van der Waals surface area contributed by atoms with Crippen molar-refractivity contribution < 1.29 is 19.1 Å². The quantitative estimate of drug-likeness (QED) is 0.268. The lowest BCUT2D eigenvalue weighted by atomic mass is 10.1. The minimum Gasteiger partial charge on any atom is -0.494 e. The zero-order valence-electron chi connectivity index (χ0n) is 19.9. The molecule has 0 saturated carbocycles. The summed E-state index contributed by atoms with van der Waals surface area (Å²) in [4.78, 5) is 46.6. The lowest BCUT2D eigenvalue weighted by Crippen LogP contribution is -2.41. The second kappa shape index (κ2) is 11.7. The molecule has 0 spiro atoms. The van der Waals surface area contributed by atoms with E-state index in [2.05, 4.69) is 20.8 Å². The van der Waals surface area contributed by atoms with Gasteiger partial charge in [-0.2, -0.15) is 0 Å². The second-order valence-corrected chi connectivity index (χ2v) is 8.09. The first kappa shape index (κ1) is 24.5. The summed E-state index contributed by atoms with van der Waals surface area (Å²) in [7, 11) is 0. The van der Waals surface area contributed by atoms with E-state index in [9.17, 15) is 14.4 Å². The average molecular weight is 483 g/mol. The Kier molecular flexibility index (Phi) is 7.97. The third-order valence-electron chi connectivity index (χ3n) is 5.43. The van der Waals surface area contributed by atoms with Crippen LogP contribution < -0.4 is 15.6 Å². The largest absolute Gasteiger partial charge is 0.494 e. The molecule has 0 unspecified atom stereocenters. The molecule has 8 nitrogen and oxygen atoms in total. The number of rotatable bonds is 9. The first-order valence-electron chi connectivity index (χ1n) is 11.7. The molecule has 2 aromatic heterocycles. The number of ketones is 1. The van der Waals surface area contributed by atoms with Gasteiger partial charge in [0.2, 0.25) is 5.91 Å². The van der Waals surface area contributed by atoms with Gasteiger partial charge in [-0.05, 0) is 55.0 Å². The molecule has 2 amide bonds. The minimum absolute atomic E-state index is 0.0128. The summed E-state index contributed by atoms with van der Waals surface area (Å²) in [6.45, 7) is 2.63. The number of pyridine rings is 2. The van der Waals surface area contributed by atoms with Gasteiger partial charge in [0.25, 0.3) is 5.91 Å². The van der Waals surface area contributed by atoms with Crippen molar-refractivity contribution in [3.05, 3.63) is 90.1 Å². The molecule has 0 aliphatic rings. The monoisotopic (exact) mass is 482 g/mol. The smallest absolute Gasteiger partial charge is 0.270 e. The van der Waals surface area contributed by atoms with Crippen LogP contribution in [0.5, 0.6) is 5.75 Å². The summed E-state index contributed by atoms with van der Waals surface area (Å²) in [5.74, 6) is -0.432. The van der Waals surface area contributed by atoms with Gasteiger partial charge in [-0.15, -0.1) is 0 Å². The summed E-state index contributed by atoms with van der Waals surface area (Å²) >= 11 is 0. The van der Waals surface area contributed by atoms with Gasteiger partial charge in [-0.1, -0.05) is 31.2 Å². The Labute approximate surface area is 208 Å². The number of aromatic nitrogens is 2. The maximum atomic E-state index is 13.0. The van der Waals surface area contributed by atoms with Crippen molar-refractivity contribution in [1.82, 2.24) is 20.8 Å². The Balaban J connectivity index is 1.37. The molecule has 2 heterocycles. The lowest BCUT2D eigenvalue weighted by molar-refractivity contribution is -0.121. The molecule has 2 aromatic carbocycles. The highest BCUT2D eigenvalue weighted by Gasteiger charge is 2.16. The zero-order chi connectivity index (χ0) is 25.3. The molecule has 4 rings (SSSR count). The van der Waals surface area contributed by atoms with E-state index in [4.69, 9.17) is 4.74 Å². The molecule has 0 bridgehead atoms. The molecule has 0 saturated heterocycles. The Morgan fingerprint density at radius 2 is 1.64 bits per heavy atom. The Morgan fingerprint density at radius 3 is 2.39 bits per heavy atom. The number of benzene rings is 2. The van der Waals surface area contributed by atoms with E-state index in [0.717, 1.165) is 6.42 Å². The average Bonchev–Trinajstić information content (AvgIpc) is 2.93. The van der Waals surface area contributed by atoms with E-state index in [1.807, 2.05) is 37.3 Å². The van der Waals surface area contributed by atoms with Crippen molar-refractivity contribution in [3.63, 3.8) is 0 Å². The van der Waals surface area contributed by atoms with Gasteiger partial charge in [0, 0.05) is 30.0 Å². The topological polar surface area (TPSA) is 110 Å². The third-order valence-corrected chi connectivity index (χ3v) is 5.43. The standard InChI is InChI=1S/C28H26N4O4/c1-2-17-36-20-12-10-19(11-13-20)26(33)14-15-27(34)31-32-28(35)22-18-25(24-9-5-6-16-29-24)30-23-8-4-3-7-21(22)23/h3-13,16,18H,2,14-15,17H2,1H3,(H,31,34)(H,32,35). The number of nitrogens with zero attached hydrogens (tertiary/aromatic N) is 2. The van der Waals surface area contributed by atoms with Crippen LogP contribution in [-0.2, 0) is 4.79 Å². The summed E-state index contributed by atoms with van der Waals surface area (Å²) in [5, 5.41) is 0.644. The van der Waals surface area contributed by atoms with Crippen LogP contribution >= 0.6 is 0 Å². The van der Waals surface area contributed by atoms with Gasteiger partial charge in [0.05, 0.1) is 29.1 Å².